The zero-order chi connectivity index (χ0) is 15.2. The summed E-state index contributed by atoms with van der Waals surface area (Å²) in [5.74, 6) is -0.0814. The smallest absolute Gasteiger partial charge is 0.251 e. The maximum absolute atomic E-state index is 11.7. The summed E-state index contributed by atoms with van der Waals surface area (Å²) < 4.78 is 0. The van der Waals surface area contributed by atoms with Crippen LogP contribution in [-0.4, -0.2) is 30.9 Å². The fourth-order valence-electron chi connectivity index (χ4n) is 1.97. The lowest BCUT2D eigenvalue weighted by molar-refractivity contribution is -0.120. The fraction of sp³-hybridized carbons (Fsp3) is 0.467. The molecule has 0 aromatic heterocycles. The van der Waals surface area contributed by atoms with Gasteiger partial charge in [-0.25, -0.2) is 0 Å². The van der Waals surface area contributed by atoms with E-state index in [0.717, 1.165) is 18.5 Å². The highest BCUT2D eigenvalue weighted by molar-refractivity contribution is 5.96. The van der Waals surface area contributed by atoms with Crippen molar-refractivity contribution < 1.29 is 9.59 Å². The summed E-state index contributed by atoms with van der Waals surface area (Å²) in [5.41, 5.74) is 7.69. The summed E-state index contributed by atoms with van der Waals surface area (Å²) in [6.07, 6.45) is 2.59. The van der Waals surface area contributed by atoms with Crippen molar-refractivity contribution in [1.29, 1.82) is 0 Å². The number of amides is 2. The first kappa shape index (κ1) is 15.2. The van der Waals surface area contributed by atoms with E-state index in [4.69, 9.17) is 5.73 Å². The number of hydrogen-bond donors (Lipinski definition) is 4. The number of benzene rings is 1. The van der Waals surface area contributed by atoms with Gasteiger partial charge in [-0.1, -0.05) is 0 Å². The van der Waals surface area contributed by atoms with Gasteiger partial charge in [0.15, 0.2) is 0 Å². The molecule has 0 saturated heterocycles. The second kappa shape index (κ2) is 6.97. The normalized spacial score (nSPS) is 13.6. The predicted molar refractivity (Wildman–Crippen MR) is 83.1 cm³/mol. The molecule has 1 aromatic rings. The van der Waals surface area contributed by atoms with Crippen molar-refractivity contribution in [2.24, 2.45) is 0 Å². The molecule has 21 heavy (non-hydrogen) atoms. The lowest BCUT2D eigenvalue weighted by Crippen LogP contribution is -2.27. The molecule has 0 spiro atoms. The third-order valence-electron chi connectivity index (χ3n) is 3.26. The highest BCUT2D eigenvalue weighted by Crippen LogP contribution is 2.20. The van der Waals surface area contributed by atoms with E-state index in [1.807, 2.05) is 6.92 Å². The van der Waals surface area contributed by atoms with Crippen LogP contribution in [0.1, 0.15) is 36.5 Å². The number of nitrogens with two attached hydrogens (primary N) is 1. The van der Waals surface area contributed by atoms with Crippen molar-refractivity contribution in [2.45, 2.75) is 32.2 Å². The quantitative estimate of drug-likeness (QED) is 0.565. The Bertz CT molecular complexity index is 526. The minimum atomic E-state index is -0.139. The molecule has 1 aromatic carbocycles. The van der Waals surface area contributed by atoms with Crippen LogP contribution < -0.4 is 21.7 Å². The molecule has 114 valence electrons. The molecule has 1 aliphatic carbocycles. The summed E-state index contributed by atoms with van der Waals surface area (Å²) in [4.78, 5) is 23.2. The molecule has 0 aliphatic heterocycles. The van der Waals surface area contributed by atoms with E-state index >= 15 is 0 Å². The van der Waals surface area contributed by atoms with Crippen molar-refractivity contribution in [2.75, 3.05) is 24.1 Å². The van der Waals surface area contributed by atoms with Gasteiger partial charge < -0.3 is 21.7 Å². The van der Waals surface area contributed by atoms with E-state index in [1.165, 1.54) is 0 Å². The Morgan fingerprint density at radius 1 is 1.33 bits per heavy atom. The third-order valence-corrected chi connectivity index (χ3v) is 3.26. The Labute approximate surface area is 124 Å². The molecule has 2 rings (SSSR count). The average Bonchev–Trinajstić information content (AvgIpc) is 3.24. The Morgan fingerprint density at radius 2 is 2.10 bits per heavy atom. The zero-order valence-corrected chi connectivity index (χ0v) is 12.2. The van der Waals surface area contributed by atoms with Crippen molar-refractivity contribution in [3.05, 3.63) is 23.8 Å². The van der Waals surface area contributed by atoms with E-state index in [-0.39, 0.29) is 11.8 Å². The van der Waals surface area contributed by atoms with Crippen LogP contribution in [0.5, 0.6) is 0 Å². The fourth-order valence-corrected chi connectivity index (χ4v) is 1.97. The van der Waals surface area contributed by atoms with Gasteiger partial charge in [-0.05, 0) is 38.0 Å². The van der Waals surface area contributed by atoms with Crippen LogP contribution in [0.3, 0.4) is 0 Å². The second-order valence-electron chi connectivity index (χ2n) is 5.18. The van der Waals surface area contributed by atoms with Gasteiger partial charge in [-0.3, -0.25) is 9.59 Å². The van der Waals surface area contributed by atoms with Gasteiger partial charge in [0, 0.05) is 31.1 Å². The van der Waals surface area contributed by atoms with Crippen molar-refractivity contribution >= 4 is 23.2 Å². The molecule has 0 bridgehead atoms. The van der Waals surface area contributed by atoms with E-state index in [1.54, 1.807) is 18.2 Å². The summed E-state index contributed by atoms with van der Waals surface area (Å²) in [5, 5.41) is 8.77. The number of carbonyl (C=O) groups is 2. The van der Waals surface area contributed by atoms with E-state index in [0.29, 0.717) is 36.8 Å². The summed E-state index contributed by atoms with van der Waals surface area (Å²) in [7, 11) is 0. The SMILES string of the molecule is CCNC(=O)c1ccc(NCCC(=O)NC2CC2)c(N)c1. The lowest BCUT2D eigenvalue weighted by Gasteiger charge is -2.11. The van der Waals surface area contributed by atoms with Crippen LogP contribution in [0.4, 0.5) is 11.4 Å². The van der Waals surface area contributed by atoms with Crippen LogP contribution in [0.2, 0.25) is 0 Å². The van der Waals surface area contributed by atoms with Gasteiger partial charge >= 0.3 is 0 Å². The van der Waals surface area contributed by atoms with Crippen molar-refractivity contribution in [3.63, 3.8) is 0 Å². The number of anilines is 2. The second-order valence-corrected chi connectivity index (χ2v) is 5.18. The van der Waals surface area contributed by atoms with Gasteiger partial charge in [0.2, 0.25) is 5.91 Å². The number of rotatable bonds is 7. The van der Waals surface area contributed by atoms with Gasteiger partial charge in [-0.15, -0.1) is 0 Å². The maximum atomic E-state index is 11.7. The first-order chi connectivity index (χ1) is 10.1. The molecular weight excluding hydrogens is 268 g/mol. The van der Waals surface area contributed by atoms with Crippen LogP contribution in [-0.2, 0) is 4.79 Å². The van der Waals surface area contributed by atoms with E-state index in [2.05, 4.69) is 16.0 Å². The van der Waals surface area contributed by atoms with Gasteiger partial charge in [0.05, 0.1) is 11.4 Å². The first-order valence-electron chi connectivity index (χ1n) is 7.31. The molecule has 5 N–H and O–H groups in total. The molecule has 1 fully saturated rings. The molecule has 2 amide bonds. The number of carbonyl (C=O) groups excluding carboxylic acids is 2. The predicted octanol–water partition coefficient (Wildman–Crippen LogP) is 1.10. The zero-order valence-electron chi connectivity index (χ0n) is 12.2. The molecule has 0 heterocycles. The summed E-state index contributed by atoms with van der Waals surface area (Å²) in [6.45, 7) is 2.96. The van der Waals surface area contributed by atoms with Crippen LogP contribution in [0, 0.1) is 0 Å². The van der Waals surface area contributed by atoms with Crippen LogP contribution in [0.15, 0.2) is 18.2 Å². The molecule has 0 atom stereocenters. The van der Waals surface area contributed by atoms with Gasteiger partial charge in [0.25, 0.3) is 5.91 Å². The number of nitrogen functional groups attached to an aromatic ring is 1. The first-order valence-corrected chi connectivity index (χ1v) is 7.31. The van der Waals surface area contributed by atoms with E-state index in [9.17, 15) is 9.59 Å². The highest BCUT2D eigenvalue weighted by atomic mass is 16.2. The molecule has 1 aliphatic rings. The Hall–Kier alpha value is -2.24. The van der Waals surface area contributed by atoms with Crippen LogP contribution in [0.25, 0.3) is 0 Å². The molecule has 0 radical (unpaired) electrons. The van der Waals surface area contributed by atoms with Crippen molar-refractivity contribution in [1.82, 2.24) is 10.6 Å². The lowest BCUT2D eigenvalue weighted by atomic mass is 10.1. The van der Waals surface area contributed by atoms with E-state index < -0.39 is 0 Å². The topological polar surface area (TPSA) is 96.2 Å². The largest absolute Gasteiger partial charge is 0.397 e. The third kappa shape index (κ3) is 4.66. The van der Waals surface area contributed by atoms with Gasteiger partial charge in [-0.2, -0.15) is 0 Å². The monoisotopic (exact) mass is 290 g/mol. The standard InChI is InChI=1S/C15H22N4O2/c1-2-17-15(21)10-3-6-13(12(16)9-10)18-8-7-14(20)19-11-4-5-11/h3,6,9,11,18H,2,4-5,7-8,16H2,1H3,(H,17,21)(H,19,20). The highest BCUT2D eigenvalue weighted by Gasteiger charge is 2.22. The molecule has 6 nitrogen and oxygen atoms in total. The Morgan fingerprint density at radius 3 is 2.71 bits per heavy atom. The molecule has 1 saturated carbocycles. The summed E-state index contributed by atoms with van der Waals surface area (Å²) >= 11 is 0. The Kier molecular flexibility index (Phi) is 5.03. The summed E-state index contributed by atoms with van der Waals surface area (Å²) in [6, 6.07) is 5.50. The van der Waals surface area contributed by atoms with Crippen LogP contribution >= 0.6 is 0 Å². The average molecular weight is 290 g/mol. The van der Waals surface area contributed by atoms with Crippen molar-refractivity contribution in [3.8, 4) is 0 Å². The number of hydrogen-bond acceptors (Lipinski definition) is 4. The molecular formula is C15H22N4O2. The molecule has 0 unspecified atom stereocenters. The minimum absolute atomic E-state index is 0.0579. The number of nitrogens with one attached hydrogen (secondary N) is 3. The maximum Gasteiger partial charge on any atom is 0.251 e. The Balaban J connectivity index is 1.82. The van der Waals surface area contributed by atoms with Gasteiger partial charge in [0.1, 0.15) is 0 Å². The molecule has 6 heteroatoms. The minimum Gasteiger partial charge on any atom is -0.397 e.